The zero-order chi connectivity index (χ0) is 20.5. The number of carbonyl (C=O) groups excluding carboxylic acids is 2. The normalized spacial score (nSPS) is 16.4. The van der Waals surface area contributed by atoms with E-state index >= 15 is 0 Å². The van der Waals surface area contributed by atoms with Crippen molar-refractivity contribution in [3.8, 4) is 11.3 Å². The van der Waals surface area contributed by atoms with Crippen LogP contribution >= 0.6 is 0 Å². The standard InChI is InChI=1S/C20H20FN5O3/c1-3-26-12(2)16(10-22-26)17-9-18(29-24-17)20(28)23-14-8-19(27)25(11-14)15-6-4-13(21)5-7-15/h4-7,9-10,14H,3,8,11H2,1-2H3,(H,23,28)/t14-/m1/s1. The van der Waals surface area contributed by atoms with Crippen LogP contribution in [0.2, 0.25) is 0 Å². The van der Waals surface area contributed by atoms with E-state index in [0.29, 0.717) is 17.9 Å². The van der Waals surface area contributed by atoms with Gasteiger partial charge in [-0.25, -0.2) is 4.39 Å². The van der Waals surface area contributed by atoms with Crippen LogP contribution < -0.4 is 10.2 Å². The first-order valence-electron chi connectivity index (χ1n) is 9.32. The maximum absolute atomic E-state index is 13.1. The summed E-state index contributed by atoms with van der Waals surface area (Å²) >= 11 is 0. The van der Waals surface area contributed by atoms with Gasteiger partial charge in [0, 0.05) is 42.5 Å². The first-order valence-corrected chi connectivity index (χ1v) is 9.32. The van der Waals surface area contributed by atoms with Gasteiger partial charge in [-0.05, 0) is 38.1 Å². The molecule has 3 aromatic rings. The van der Waals surface area contributed by atoms with Gasteiger partial charge in [0.15, 0.2) is 0 Å². The molecule has 1 aromatic carbocycles. The number of amides is 2. The van der Waals surface area contributed by atoms with Crippen LogP contribution in [0.5, 0.6) is 0 Å². The third kappa shape index (κ3) is 3.63. The molecule has 0 bridgehead atoms. The third-order valence-electron chi connectivity index (χ3n) is 5.01. The first kappa shape index (κ1) is 18.9. The molecule has 0 saturated carbocycles. The van der Waals surface area contributed by atoms with E-state index < -0.39 is 5.91 Å². The van der Waals surface area contributed by atoms with Crippen LogP contribution in [0.3, 0.4) is 0 Å². The molecule has 0 aliphatic carbocycles. The molecule has 3 heterocycles. The molecule has 0 radical (unpaired) electrons. The minimum absolute atomic E-state index is 0.0660. The molecule has 29 heavy (non-hydrogen) atoms. The molecule has 2 aromatic heterocycles. The summed E-state index contributed by atoms with van der Waals surface area (Å²) < 4.78 is 20.1. The van der Waals surface area contributed by atoms with Gasteiger partial charge in [-0.2, -0.15) is 5.10 Å². The molecule has 150 valence electrons. The Bertz CT molecular complexity index is 1060. The van der Waals surface area contributed by atoms with Crippen molar-refractivity contribution in [1.82, 2.24) is 20.3 Å². The van der Waals surface area contributed by atoms with Crippen molar-refractivity contribution in [3.05, 3.63) is 53.8 Å². The summed E-state index contributed by atoms with van der Waals surface area (Å²) in [6.07, 6.45) is 1.85. The highest BCUT2D eigenvalue weighted by atomic mass is 19.1. The van der Waals surface area contributed by atoms with E-state index in [-0.39, 0.29) is 29.9 Å². The third-order valence-corrected chi connectivity index (χ3v) is 5.01. The Morgan fingerprint density at radius 2 is 2.10 bits per heavy atom. The molecule has 1 atom stereocenters. The zero-order valence-electron chi connectivity index (χ0n) is 16.1. The zero-order valence-corrected chi connectivity index (χ0v) is 16.1. The number of nitrogens with one attached hydrogen (secondary N) is 1. The number of halogens is 1. The molecule has 0 spiro atoms. The van der Waals surface area contributed by atoms with Crippen molar-refractivity contribution in [1.29, 1.82) is 0 Å². The number of carbonyl (C=O) groups is 2. The quantitative estimate of drug-likeness (QED) is 0.714. The van der Waals surface area contributed by atoms with Crippen LogP contribution in [0.4, 0.5) is 10.1 Å². The van der Waals surface area contributed by atoms with Crippen LogP contribution in [0.25, 0.3) is 11.3 Å². The van der Waals surface area contributed by atoms with Crippen LogP contribution in [0, 0.1) is 12.7 Å². The molecule has 8 nitrogen and oxygen atoms in total. The van der Waals surface area contributed by atoms with Crippen molar-refractivity contribution in [2.45, 2.75) is 32.9 Å². The fraction of sp³-hybridized carbons (Fsp3) is 0.300. The van der Waals surface area contributed by atoms with Crippen molar-refractivity contribution >= 4 is 17.5 Å². The summed E-state index contributed by atoms with van der Waals surface area (Å²) in [6, 6.07) is 6.87. The van der Waals surface area contributed by atoms with E-state index in [2.05, 4.69) is 15.6 Å². The molecule has 1 N–H and O–H groups in total. The topological polar surface area (TPSA) is 93.3 Å². The van der Waals surface area contributed by atoms with Gasteiger partial charge in [0.05, 0.1) is 12.2 Å². The highest BCUT2D eigenvalue weighted by Gasteiger charge is 2.32. The summed E-state index contributed by atoms with van der Waals surface area (Å²) in [5, 5.41) is 11.0. The smallest absolute Gasteiger partial charge is 0.290 e. The van der Waals surface area contributed by atoms with Crippen LogP contribution in [0.1, 0.15) is 29.6 Å². The second kappa shape index (κ2) is 7.50. The largest absolute Gasteiger partial charge is 0.350 e. The molecule has 4 rings (SSSR count). The fourth-order valence-corrected chi connectivity index (χ4v) is 3.46. The lowest BCUT2D eigenvalue weighted by atomic mass is 10.2. The summed E-state index contributed by atoms with van der Waals surface area (Å²) in [6.45, 7) is 4.95. The summed E-state index contributed by atoms with van der Waals surface area (Å²) in [5.41, 5.74) is 2.86. The fourth-order valence-electron chi connectivity index (χ4n) is 3.46. The van der Waals surface area contributed by atoms with Gasteiger partial charge in [-0.1, -0.05) is 5.16 Å². The Labute approximate surface area is 166 Å². The van der Waals surface area contributed by atoms with E-state index in [1.165, 1.54) is 17.0 Å². The van der Waals surface area contributed by atoms with Gasteiger partial charge in [0.1, 0.15) is 11.5 Å². The van der Waals surface area contributed by atoms with Crippen LogP contribution in [-0.4, -0.2) is 39.3 Å². The van der Waals surface area contributed by atoms with Crippen molar-refractivity contribution in [3.63, 3.8) is 0 Å². The lowest BCUT2D eigenvalue weighted by Crippen LogP contribution is -2.37. The van der Waals surface area contributed by atoms with Crippen molar-refractivity contribution in [2.24, 2.45) is 0 Å². The maximum Gasteiger partial charge on any atom is 0.290 e. The highest BCUT2D eigenvalue weighted by Crippen LogP contribution is 2.24. The van der Waals surface area contributed by atoms with E-state index in [1.807, 2.05) is 18.5 Å². The number of aromatic nitrogens is 3. The van der Waals surface area contributed by atoms with Crippen LogP contribution in [-0.2, 0) is 11.3 Å². The Hall–Kier alpha value is -3.49. The minimum atomic E-state index is -0.442. The lowest BCUT2D eigenvalue weighted by molar-refractivity contribution is -0.117. The van der Waals surface area contributed by atoms with Crippen LogP contribution in [0.15, 0.2) is 41.1 Å². The summed E-state index contributed by atoms with van der Waals surface area (Å²) in [5.74, 6) is -0.881. The molecule has 2 amide bonds. The molecule has 1 aliphatic heterocycles. The highest BCUT2D eigenvalue weighted by molar-refractivity contribution is 5.98. The molecular formula is C20H20FN5O3. The average molecular weight is 397 g/mol. The minimum Gasteiger partial charge on any atom is -0.350 e. The Balaban J connectivity index is 1.43. The van der Waals surface area contributed by atoms with Gasteiger partial charge < -0.3 is 14.7 Å². The SMILES string of the molecule is CCn1ncc(-c2cc(C(=O)N[C@@H]3CC(=O)N(c4ccc(F)cc4)C3)on2)c1C. The van der Waals surface area contributed by atoms with Gasteiger partial charge in [-0.3, -0.25) is 14.3 Å². The number of rotatable bonds is 5. The molecule has 1 saturated heterocycles. The number of hydrogen-bond acceptors (Lipinski definition) is 5. The average Bonchev–Trinajstić information content (AvgIpc) is 3.41. The molecule has 1 aliphatic rings. The number of hydrogen-bond donors (Lipinski definition) is 1. The molecule has 9 heteroatoms. The van der Waals surface area contributed by atoms with E-state index in [4.69, 9.17) is 4.52 Å². The predicted octanol–water partition coefficient (Wildman–Crippen LogP) is 2.54. The van der Waals surface area contributed by atoms with Gasteiger partial charge in [-0.15, -0.1) is 0 Å². The monoisotopic (exact) mass is 397 g/mol. The summed E-state index contributed by atoms with van der Waals surface area (Å²) in [4.78, 5) is 26.3. The maximum atomic E-state index is 13.1. The number of anilines is 1. The first-order chi connectivity index (χ1) is 14.0. The van der Waals surface area contributed by atoms with Crippen molar-refractivity contribution in [2.75, 3.05) is 11.4 Å². The van der Waals surface area contributed by atoms with Gasteiger partial charge >= 0.3 is 0 Å². The van der Waals surface area contributed by atoms with Gasteiger partial charge in [0.2, 0.25) is 11.7 Å². The Morgan fingerprint density at radius 1 is 1.34 bits per heavy atom. The number of aryl methyl sites for hydroxylation is 1. The van der Waals surface area contributed by atoms with E-state index in [9.17, 15) is 14.0 Å². The Kier molecular flexibility index (Phi) is 4.87. The van der Waals surface area contributed by atoms with E-state index in [0.717, 1.165) is 17.8 Å². The predicted molar refractivity (Wildman–Crippen MR) is 103 cm³/mol. The molecular weight excluding hydrogens is 377 g/mol. The lowest BCUT2D eigenvalue weighted by Gasteiger charge is -2.16. The second-order valence-electron chi connectivity index (χ2n) is 6.89. The Morgan fingerprint density at radius 3 is 2.79 bits per heavy atom. The number of nitrogens with zero attached hydrogens (tertiary/aromatic N) is 4. The van der Waals surface area contributed by atoms with Crippen molar-refractivity contribution < 1.29 is 18.5 Å². The molecule has 0 unspecified atom stereocenters. The second-order valence-corrected chi connectivity index (χ2v) is 6.89. The van der Waals surface area contributed by atoms with E-state index in [1.54, 1.807) is 24.4 Å². The molecule has 1 fully saturated rings. The van der Waals surface area contributed by atoms with Gasteiger partial charge in [0.25, 0.3) is 5.91 Å². The summed E-state index contributed by atoms with van der Waals surface area (Å²) in [7, 11) is 0. The number of benzene rings is 1.